The van der Waals surface area contributed by atoms with E-state index < -0.39 is 24.4 Å². The Balaban J connectivity index is 2.00. The molecule has 0 radical (unpaired) electrons. The predicted molar refractivity (Wildman–Crippen MR) is 115 cm³/mol. The average molecular weight is 481 g/mol. The second-order valence-corrected chi connectivity index (χ2v) is 7.51. The Morgan fingerprint density at radius 3 is 2.45 bits per heavy atom. The van der Waals surface area contributed by atoms with Gasteiger partial charge in [0.25, 0.3) is 5.91 Å². The smallest absolute Gasteiger partial charge is 0.387 e. The topological polar surface area (TPSA) is 118 Å². The third-order valence-electron chi connectivity index (χ3n) is 4.93. The maximum atomic E-state index is 13.3. The summed E-state index contributed by atoms with van der Waals surface area (Å²) in [7, 11) is 0. The molecule has 0 aliphatic heterocycles. The number of carboxylic acids is 1. The molecule has 0 saturated carbocycles. The van der Waals surface area contributed by atoms with Crippen LogP contribution in [0.15, 0.2) is 36.4 Å². The number of amides is 1. The summed E-state index contributed by atoms with van der Waals surface area (Å²) >= 11 is 6.05. The van der Waals surface area contributed by atoms with E-state index in [1.165, 1.54) is 41.0 Å². The maximum absolute atomic E-state index is 13.3. The van der Waals surface area contributed by atoms with Crippen molar-refractivity contribution < 1.29 is 38.1 Å². The van der Waals surface area contributed by atoms with Crippen LogP contribution in [0.2, 0.25) is 5.02 Å². The Bertz CT molecular complexity index is 1220. The largest absolute Gasteiger partial charge is 0.506 e. The number of halogens is 3. The standard InChI is InChI=1S/C22H19ClF2N2O6/c1-11-14(9-19(29)26-7-6-20(30)31)15-8-18(28)16(23)10-17(15)27(11)21(32)12-2-4-13(5-3-12)33-22(24)25/h2-5,8,10,22,28H,6-7,9H2,1H3,(H,26,29)(H,30,31). The molecule has 174 valence electrons. The Morgan fingerprint density at radius 2 is 1.85 bits per heavy atom. The molecule has 11 heteroatoms. The number of nitrogens with one attached hydrogen (secondary N) is 1. The van der Waals surface area contributed by atoms with Crippen LogP contribution in [0, 0.1) is 6.92 Å². The molecule has 0 aliphatic carbocycles. The molecule has 3 N–H and O–H groups in total. The van der Waals surface area contributed by atoms with Gasteiger partial charge in [0.1, 0.15) is 11.5 Å². The highest BCUT2D eigenvalue weighted by molar-refractivity contribution is 6.33. The van der Waals surface area contributed by atoms with E-state index in [1.54, 1.807) is 6.92 Å². The van der Waals surface area contributed by atoms with Gasteiger partial charge in [0.2, 0.25) is 5.91 Å². The van der Waals surface area contributed by atoms with Gasteiger partial charge >= 0.3 is 12.6 Å². The molecule has 0 aliphatic rings. The van der Waals surface area contributed by atoms with Crippen LogP contribution in [0.4, 0.5) is 8.78 Å². The molecule has 2 aromatic carbocycles. The quantitative estimate of drug-likeness (QED) is 0.452. The monoisotopic (exact) mass is 480 g/mol. The van der Waals surface area contributed by atoms with Gasteiger partial charge in [0, 0.05) is 23.2 Å². The number of carbonyl (C=O) groups is 3. The molecular formula is C22H19ClF2N2O6. The van der Waals surface area contributed by atoms with Gasteiger partial charge < -0.3 is 20.3 Å². The number of aromatic nitrogens is 1. The van der Waals surface area contributed by atoms with Gasteiger partial charge in [-0.3, -0.25) is 19.0 Å². The van der Waals surface area contributed by atoms with E-state index in [4.69, 9.17) is 16.7 Å². The number of carbonyl (C=O) groups excluding carboxylic acids is 2. The number of benzene rings is 2. The lowest BCUT2D eigenvalue weighted by molar-refractivity contribution is -0.136. The van der Waals surface area contributed by atoms with E-state index in [1.807, 2.05) is 0 Å². The van der Waals surface area contributed by atoms with Crippen LogP contribution >= 0.6 is 11.6 Å². The summed E-state index contributed by atoms with van der Waals surface area (Å²) in [6, 6.07) is 7.84. The highest BCUT2D eigenvalue weighted by Gasteiger charge is 2.23. The normalized spacial score (nSPS) is 11.1. The van der Waals surface area contributed by atoms with Crippen molar-refractivity contribution in [1.82, 2.24) is 9.88 Å². The zero-order valence-corrected chi connectivity index (χ0v) is 18.0. The summed E-state index contributed by atoms with van der Waals surface area (Å²) in [5.41, 5.74) is 1.34. The van der Waals surface area contributed by atoms with Crippen LogP contribution in [0.1, 0.15) is 28.0 Å². The number of rotatable bonds is 8. The number of ether oxygens (including phenoxy) is 1. The Kier molecular flexibility index (Phi) is 7.17. The molecule has 1 heterocycles. The minimum absolute atomic E-state index is 0.00723. The van der Waals surface area contributed by atoms with E-state index in [-0.39, 0.29) is 41.5 Å². The Morgan fingerprint density at radius 1 is 1.18 bits per heavy atom. The number of nitrogens with zero attached hydrogens (tertiary/aromatic N) is 1. The predicted octanol–water partition coefficient (Wildman–Crippen LogP) is 3.73. The molecule has 0 spiro atoms. The van der Waals surface area contributed by atoms with Crippen LogP contribution in [-0.4, -0.2) is 45.7 Å². The lowest BCUT2D eigenvalue weighted by atomic mass is 10.1. The van der Waals surface area contributed by atoms with Gasteiger partial charge in [-0.15, -0.1) is 0 Å². The summed E-state index contributed by atoms with van der Waals surface area (Å²) in [6.45, 7) is -1.45. The summed E-state index contributed by atoms with van der Waals surface area (Å²) in [6.07, 6.45) is -0.420. The van der Waals surface area contributed by atoms with E-state index in [9.17, 15) is 28.3 Å². The molecule has 33 heavy (non-hydrogen) atoms. The molecule has 0 unspecified atom stereocenters. The number of alkyl halides is 2. The van der Waals surface area contributed by atoms with Crippen molar-refractivity contribution in [2.75, 3.05) is 6.54 Å². The van der Waals surface area contributed by atoms with Gasteiger partial charge in [0.15, 0.2) is 0 Å². The van der Waals surface area contributed by atoms with Gasteiger partial charge in [0.05, 0.1) is 23.4 Å². The fraction of sp³-hybridized carbons (Fsp3) is 0.227. The number of carboxylic acid groups (broad SMARTS) is 1. The van der Waals surface area contributed by atoms with Gasteiger partial charge in [-0.25, -0.2) is 0 Å². The second kappa shape index (κ2) is 9.86. The highest BCUT2D eigenvalue weighted by atomic mass is 35.5. The van der Waals surface area contributed by atoms with Crippen molar-refractivity contribution in [3.8, 4) is 11.5 Å². The lowest BCUT2D eigenvalue weighted by Gasteiger charge is -2.09. The van der Waals surface area contributed by atoms with Crippen molar-refractivity contribution >= 4 is 40.3 Å². The Labute approximate surface area is 191 Å². The van der Waals surface area contributed by atoms with E-state index >= 15 is 0 Å². The summed E-state index contributed by atoms with van der Waals surface area (Å²) in [5.74, 6) is -2.38. The molecule has 8 nitrogen and oxygen atoms in total. The van der Waals surface area contributed by atoms with E-state index in [0.717, 1.165) is 0 Å². The van der Waals surface area contributed by atoms with Crippen LogP contribution < -0.4 is 10.1 Å². The molecule has 1 aromatic heterocycles. The summed E-state index contributed by atoms with van der Waals surface area (Å²) in [4.78, 5) is 36.3. The number of phenols is 1. The molecule has 0 saturated heterocycles. The fourth-order valence-electron chi connectivity index (χ4n) is 3.41. The maximum Gasteiger partial charge on any atom is 0.387 e. The van der Waals surface area contributed by atoms with Crippen molar-refractivity contribution in [1.29, 1.82) is 0 Å². The SMILES string of the molecule is Cc1c(CC(=O)NCCC(=O)O)c2cc(O)c(Cl)cc2n1C(=O)c1ccc(OC(F)F)cc1. The van der Waals surface area contributed by atoms with Gasteiger partial charge in [-0.05, 0) is 48.9 Å². The third kappa shape index (κ3) is 5.40. The van der Waals surface area contributed by atoms with Crippen LogP contribution in [-0.2, 0) is 16.0 Å². The van der Waals surface area contributed by atoms with Crippen LogP contribution in [0.3, 0.4) is 0 Å². The molecule has 3 rings (SSSR count). The first-order valence-electron chi connectivity index (χ1n) is 9.69. The zero-order valence-electron chi connectivity index (χ0n) is 17.3. The number of hydrogen-bond donors (Lipinski definition) is 3. The van der Waals surface area contributed by atoms with E-state index in [0.29, 0.717) is 22.2 Å². The average Bonchev–Trinajstić information content (AvgIpc) is 2.98. The summed E-state index contributed by atoms with van der Waals surface area (Å²) in [5, 5.41) is 21.7. The first-order valence-corrected chi connectivity index (χ1v) is 10.1. The number of aromatic hydroxyl groups is 1. The van der Waals surface area contributed by atoms with Crippen molar-refractivity contribution in [2.45, 2.75) is 26.4 Å². The number of phenolic OH excluding ortho intramolecular Hbond substituents is 1. The highest BCUT2D eigenvalue weighted by Crippen LogP contribution is 2.35. The van der Waals surface area contributed by atoms with Crippen molar-refractivity contribution in [3.05, 3.63) is 58.2 Å². The van der Waals surface area contributed by atoms with Gasteiger partial charge in [-0.2, -0.15) is 8.78 Å². The van der Waals surface area contributed by atoms with Crippen molar-refractivity contribution in [3.63, 3.8) is 0 Å². The lowest BCUT2D eigenvalue weighted by Crippen LogP contribution is -2.27. The number of hydrogen-bond acceptors (Lipinski definition) is 5. The number of aliphatic carboxylic acids is 1. The van der Waals surface area contributed by atoms with E-state index in [2.05, 4.69) is 10.1 Å². The molecule has 0 bridgehead atoms. The number of fused-ring (bicyclic) bond motifs is 1. The van der Waals surface area contributed by atoms with Gasteiger partial charge in [-0.1, -0.05) is 11.6 Å². The van der Waals surface area contributed by atoms with Crippen molar-refractivity contribution in [2.24, 2.45) is 0 Å². The molecule has 3 aromatic rings. The minimum Gasteiger partial charge on any atom is -0.506 e. The molecule has 0 atom stereocenters. The van der Waals surface area contributed by atoms with Crippen LogP contribution in [0.25, 0.3) is 10.9 Å². The first-order chi connectivity index (χ1) is 15.6. The molecule has 1 amide bonds. The Hall–Kier alpha value is -3.66. The molecule has 0 fully saturated rings. The second-order valence-electron chi connectivity index (χ2n) is 7.10. The molecular weight excluding hydrogens is 462 g/mol. The van der Waals surface area contributed by atoms with Crippen LogP contribution in [0.5, 0.6) is 11.5 Å². The third-order valence-corrected chi connectivity index (χ3v) is 5.23. The minimum atomic E-state index is -3.00. The summed E-state index contributed by atoms with van der Waals surface area (Å²) < 4.78 is 30.4. The zero-order chi connectivity index (χ0) is 24.3. The first kappa shape index (κ1) is 24.0. The fourth-order valence-corrected chi connectivity index (χ4v) is 3.57.